The molecule has 154 valence electrons. The van der Waals surface area contributed by atoms with Crippen LogP contribution in [0.5, 0.6) is 11.5 Å². The van der Waals surface area contributed by atoms with E-state index in [4.69, 9.17) is 10.1 Å². The summed E-state index contributed by atoms with van der Waals surface area (Å²) in [4.78, 5) is 13.4. The Balaban J connectivity index is 1.78. The van der Waals surface area contributed by atoms with Gasteiger partial charge in [-0.1, -0.05) is 24.8 Å². The number of rotatable bonds is 7. The summed E-state index contributed by atoms with van der Waals surface area (Å²) >= 11 is 0. The molecule has 3 aromatic rings. The predicted molar refractivity (Wildman–Crippen MR) is 119 cm³/mol. The van der Waals surface area contributed by atoms with Crippen LogP contribution in [0.4, 0.5) is 5.82 Å². The lowest BCUT2D eigenvalue weighted by atomic mass is 10.2. The monoisotopic (exact) mass is 403 g/mol. The summed E-state index contributed by atoms with van der Waals surface area (Å²) < 4.78 is 9.18. The number of hydrogen-bond acceptors (Lipinski definition) is 5. The average molecular weight is 403 g/mol. The number of para-hydroxylation sites is 1. The fourth-order valence-electron chi connectivity index (χ4n) is 3.82. The minimum absolute atomic E-state index is 0.0278. The first-order valence-corrected chi connectivity index (χ1v) is 9.94. The Kier molecular flexibility index (Phi) is 5.54. The minimum Gasteiger partial charge on any atom is -0.457 e. The Morgan fingerprint density at radius 2 is 1.90 bits per heavy atom. The smallest absolute Gasteiger partial charge is 0.335 e. The van der Waals surface area contributed by atoms with Gasteiger partial charge >= 0.3 is 5.69 Å². The van der Waals surface area contributed by atoms with Gasteiger partial charge in [0.2, 0.25) is 0 Å². The van der Waals surface area contributed by atoms with Crippen molar-refractivity contribution < 1.29 is 4.74 Å². The van der Waals surface area contributed by atoms with E-state index in [1.165, 1.54) is 0 Å². The van der Waals surface area contributed by atoms with Gasteiger partial charge in [-0.3, -0.25) is 9.13 Å². The molecule has 1 atom stereocenters. The van der Waals surface area contributed by atoms with E-state index >= 15 is 0 Å². The van der Waals surface area contributed by atoms with Crippen LogP contribution in [0.15, 0.2) is 72.2 Å². The zero-order valence-electron chi connectivity index (χ0n) is 16.9. The maximum absolute atomic E-state index is 13.4. The highest BCUT2D eigenvalue weighted by Gasteiger charge is 2.28. The molecule has 4 rings (SSSR count). The van der Waals surface area contributed by atoms with Gasteiger partial charge in [-0.2, -0.15) is 0 Å². The third-order valence-electron chi connectivity index (χ3n) is 5.15. The van der Waals surface area contributed by atoms with Crippen LogP contribution in [0.1, 0.15) is 25.1 Å². The van der Waals surface area contributed by atoms with Crippen LogP contribution in [0, 0.1) is 5.41 Å². The molecule has 0 aliphatic carbocycles. The predicted octanol–water partition coefficient (Wildman–Crippen LogP) is 3.91. The van der Waals surface area contributed by atoms with Gasteiger partial charge in [0.15, 0.2) is 0 Å². The first kappa shape index (κ1) is 19.7. The van der Waals surface area contributed by atoms with E-state index < -0.39 is 0 Å². The Morgan fingerprint density at radius 1 is 1.20 bits per heavy atom. The third-order valence-corrected chi connectivity index (χ3v) is 5.15. The van der Waals surface area contributed by atoms with E-state index in [1.807, 2.05) is 54.6 Å². The number of nitrogens with zero attached hydrogens (tertiary/aromatic N) is 2. The van der Waals surface area contributed by atoms with Gasteiger partial charge in [-0.15, -0.1) is 0 Å². The van der Waals surface area contributed by atoms with Crippen molar-refractivity contribution in [2.45, 2.75) is 19.4 Å². The summed E-state index contributed by atoms with van der Waals surface area (Å²) in [5, 5.41) is 14.7. The molecule has 0 amide bonds. The van der Waals surface area contributed by atoms with E-state index in [2.05, 4.69) is 17.2 Å². The fraction of sp³-hybridized carbons (Fsp3) is 0.217. The first-order chi connectivity index (χ1) is 14.6. The lowest BCUT2D eigenvalue weighted by Crippen LogP contribution is -2.29. The molecule has 7 nitrogen and oxygen atoms in total. The number of benzene rings is 2. The average Bonchev–Trinajstić information content (AvgIpc) is 3.36. The molecule has 2 heterocycles. The summed E-state index contributed by atoms with van der Waals surface area (Å²) in [5.41, 5.74) is 1.33. The van der Waals surface area contributed by atoms with Crippen LogP contribution in [0.25, 0.3) is 5.69 Å². The van der Waals surface area contributed by atoms with Crippen molar-refractivity contribution >= 4 is 11.5 Å². The molecule has 1 unspecified atom stereocenters. The molecule has 7 heteroatoms. The van der Waals surface area contributed by atoms with Crippen LogP contribution >= 0.6 is 0 Å². The molecule has 1 aromatic heterocycles. The maximum Gasteiger partial charge on any atom is 0.335 e. The van der Waals surface area contributed by atoms with Gasteiger partial charge in [-0.05, 0) is 62.5 Å². The molecular weight excluding hydrogens is 378 g/mol. The SMILES string of the molecule is C=CNc1c(C(C)=N)n(-c2ccc(Oc3ccccc3)cc2)c(=O)n1C1CCNC1. The largest absolute Gasteiger partial charge is 0.457 e. The van der Waals surface area contributed by atoms with Gasteiger partial charge in [0.1, 0.15) is 23.0 Å². The van der Waals surface area contributed by atoms with E-state index in [-0.39, 0.29) is 11.7 Å². The molecule has 0 spiro atoms. The summed E-state index contributed by atoms with van der Waals surface area (Å²) in [6, 6.07) is 16.9. The quantitative estimate of drug-likeness (QED) is 0.522. The van der Waals surface area contributed by atoms with Gasteiger partial charge < -0.3 is 20.8 Å². The van der Waals surface area contributed by atoms with Gasteiger partial charge in [0, 0.05) is 6.54 Å². The Bertz CT molecular complexity index is 1110. The van der Waals surface area contributed by atoms with E-state index in [0.717, 1.165) is 25.3 Å². The number of imidazole rings is 1. The lowest BCUT2D eigenvalue weighted by Gasteiger charge is -2.14. The molecule has 1 saturated heterocycles. The molecule has 1 aliphatic heterocycles. The van der Waals surface area contributed by atoms with Gasteiger partial charge in [0.05, 0.1) is 17.4 Å². The second-order valence-electron chi connectivity index (χ2n) is 7.21. The number of ether oxygens (including phenoxy) is 1. The molecule has 0 bridgehead atoms. The van der Waals surface area contributed by atoms with Crippen LogP contribution in [-0.2, 0) is 0 Å². The number of hydrogen-bond donors (Lipinski definition) is 3. The summed E-state index contributed by atoms with van der Waals surface area (Å²) in [6.45, 7) is 7.01. The molecular formula is C23H25N5O2. The molecule has 0 radical (unpaired) electrons. The fourth-order valence-corrected chi connectivity index (χ4v) is 3.82. The zero-order chi connectivity index (χ0) is 21.1. The van der Waals surface area contributed by atoms with Crippen molar-refractivity contribution in [1.82, 2.24) is 14.5 Å². The van der Waals surface area contributed by atoms with Crippen molar-refractivity contribution in [3.8, 4) is 17.2 Å². The van der Waals surface area contributed by atoms with E-state index in [1.54, 1.807) is 22.3 Å². The van der Waals surface area contributed by atoms with Crippen molar-refractivity contribution in [1.29, 1.82) is 5.41 Å². The van der Waals surface area contributed by atoms with Crippen LogP contribution in [-0.4, -0.2) is 27.9 Å². The Morgan fingerprint density at radius 3 is 2.50 bits per heavy atom. The van der Waals surface area contributed by atoms with Crippen molar-refractivity contribution in [3.05, 3.63) is 83.6 Å². The number of aromatic nitrogens is 2. The second kappa shape index (κ2) is 8.42. The topological polar surface area (TPSA) is 84.1 Å². The Hall–Kier alpha value is -3.58. The third kappa shape index (κ3) is 3.67. The molecule has 1 aliphatic rings. The van der Waals surface area contributed by atoms with Crippen molar-refractivity contribution in [3.63, 3.8) is 0 Å². The highest BCUT2D eigenvalue weighted by molar-refractivity contribution is 6.00. The van der Waals surface area contributed by atoms with Gasteiger partial charge in [-0.25, -0.2) is 4.79 Å². The normalized spacial score (nSPS) is 15.7. The standard InChI is InChI=1S/C23H25N5O2/c1-3-26-22-21(16(2)24)27(23(29)28(22)18-13-14-25-15-18)17-9-11-20(12-10-17)30-19-7-5-4-6-8-19/h3-12,18,24-26H,1,13-15H2,2H3. The number of anilines is 1. The highest BCUT2D eigenvalue weighted by atomic mass is 16.5. The van der Waals surface area contributed by atoms with Gasteiger partial charge in [0.25, 0.3) is 0 Å². The molecule has 3 N–H and O–H groups in total. The maximum atomic E-state index is 13.4. The molecule has 0 saturated carbocycles. The first-order valence-electron chi connectivity index (χ1n) is 9.94. The number of nitrogens with one attached hydrogen (secondary N) is 3. The van der Waals surface area contributed by atoms with E-state index in [9.17, 15) is 4.79 Å². The minimum atomic E-state index is -0.175. The highest BCUT2D eigenvalue weighted by Crippen LogP contribution is 2.27. The zero-order valence-corrected chi connectivity index (χ0v) is 16.9. The van der Waals surface area contributed by atoms with Crippen molar-refractivity contribution in [2.24, 2.45) is 0 Å². The molecule has 2 aromatic carbocycles. The summed E-state index contributed by atoms with van der Waals surface area (Å²) in [7, 11) is 0. The van der Waals surface area contributed by atoms with E-state index in [0.29, 0.717) is 28.7 Å². The van der Waals surface area contributed by atoms with Crippen LogP contribution in [0.2, 0.25) is 0 Å². The Labute approximate surface area is 175 Å². The molecule has 1 fully saturated rings. The second-order valence-corrected chi connectivity index (χ2v) is 7.21. The lowest BCUT2D eigenvalue weighted by molar-refractivity contribution is 0.482. The summed E-state index contributed by atoms with van der Waals surface area (Å²) in [5.74, 6) is 2.02. The van der Waals surface area contributed by atoms with Crippen molar-refractivity contribution in [2.75, 3.05) is 18.4 Å². The summed E-state index contributed by atoms with van der Waals surface area (Å²) in [6.07, 6.45) is 2.40. The van der Waals surface area contributed by atoms with Crippen LogP contribution < -0.4 is 21.1 Å². The molecule has 30 heavy (non-hydrogen) atoms. The van der Waals surface area contributed by atoms with Crippen LogP contribution in [0.3, 0.4) is 0 Å².